The molecule has 0 saturated heterocycles. The summed E-state index contributed by atoms with van der Waals surface area (Å²) in [5.41, 5.74) is 0.531. The average molecular weight is 354 g/mol. The number of carbonyl (C=O) groups excluding carboxylic acids is 1. The molecular weight excluding hydrogens is 342 g/mol. The van der Waals surface area contributed by atoms with E-state index in [2.05, 4.69) is 21.2 Å². The van der Waals surface area contributed by atoms with Crippen molar-refractivity contribution in [2.45, 2.75) is 0 Å². The van der Waals surface area contributed by atoms with Crippen LogP contribution in [0.15, 0.2) is 34.9 Å². The van der Waals surface area contributed by atoms with Gasteiger partial charge in [0.1, 0.15) is 11.4 Å². The van der Waals surface area contributed by atoms with Gasteiger partial charge in [0.25, 0.3) is 11.6 Å². The highest BCUT2D eigenvalue weighted by atomic mass is 79.9. The predicted octanol–water partition coefficient (Wildman–Crippen LogP) is 2.96. The van der Waals surface area contributed by atoms with Crippen LogP contribution in [0.3, 0.4) is 0 Å². The predicted molar refractivity (Wildman–Crippen MR) is 80.7 cm³/mol. The van der Waals surface area contributed by atoms with Crippen LogP contribution in [0.4, 0.5) is 11.4 Å². The summed E-state index contributed by atoms with van der Waals surface area (Å²) in [6.07, 6.45) is 1.74. The Morgan fingerprint density at radius 2 is 2.14 bits per heavy atom. The zero-order chi connectivity index (χ0) is 15.6. The summed E-state index contributed by atoms with van der Waals surface area (Å²) in [7, 11) is 3.15. The number of aromatic nitrogens is 1. The highest BCUT2D eigenvalue weighted by molar-refractivity contribution is 9.10. The van der Waals surface area contributed by atoms with Crippen molar-refractivity contribution >= 4 is 33.2 Å². The van der Waals surface area contributed by atoms with Crippen LogP contribution in [0, 0.1) is 10.1 Å². The summed E-state index contributed by atoms with van der Waals surface area (Å²) < 4.78 is 7.51. The first kappa shape index (κ1) is 15.0. The topological polar surface area (TPSA) is 86.4 Å². The number of anilines is 1. The maximum atomic E-state index is 12.2. The lowest BCUT2D eigenvalue weighted by atomic mass is 10.2. The molecule has 110 valence electrons. The molecule has 1 heterocycles. The van der Waals surface area contributed by atoms with Gasteiger partial charge in [-0.2, -0.15) is 0 Å². The number of aryl methyl sites for hydroxylation is 1. The van der Waals surface area contributed by atoms with Gasteiger partial charge < -0.3 is 14.6 Å². The fourth-order valence-corrected chi connectivity index (χ4v) is 2.37. The van der Waals surface area contributed by atoms with Crippen molar-refractivity contribution in [3.8, 4) is 5.75 Å². The minimum Gasteiger partial charge on any atom is -0.495 e. The molecule has 1 aromatic carbocycles. The molecule has 0 fully saturated rings. The number of rotatable bonds is 4. The normalized spacial score (nSPS) is 10.2. The molecule has 0 aliphatic heterocycles. The smallest absolute Gasteiger partial charge is 0.272 e. The Bertz CT molecular complexity index is 711. The number of amides is 1. The zero-order valence-electron chi connectivity index (χ0n) is 11.3. The van der Waals surface area contributed by atoms with Crippen molar-refractivity contribution in [3.05, 3.63) is 50.7 Å². The quantitative estimate of drug-likeness (QED) is 0.676. The fraction of sp³-hybridized carbons (Fsp3) is 0.154. The lowest BCUT2D eigenvalue weighted by Crippen LogP contribution is -2.16. The first-order chi connectivity index (χ1) is 9.92. The van der Waals surface area contributed by atoms with Crippen molar-refractivity contribution in [1.29, 1.82) is 0 Å². The van der Waals surface area contributed by atoms with Crippen LogP contribution in [-0.4, -0.2) is 22.5 Å². The van der Waals surface area contributed by atoms with Gasteiger partial charge in [0.05, 0.1) is 17.7 Å². The molecule has 0 radical (unpaired) electrons. The molecular formula is C13H12BrN3O4. The Morgan fingerprint density at radius 3 is 2.67 bits per heavy atom. The monoisotopic (exact) mass is 353 g/mol. The van der Waals surface area contributed by atoms with Gasteiger partial charge in [0, 0.05) is 29.8 Å². The van der Waals surface area contributed by atoms with Crippen LogP contribution in [0.1, 0.15) is 10.5 Å². The largest absolute Gasteiger partial charge is 0.495 e. The van der Waals surface area contributed by atoms with Gasteiger partial charge in [0.15, 0.2) is 0 Å². The SMILES string of the molecule is COc1ccc([N+](=O)[O-])cc1NC(=O)c1cc(Br)cn1C. The zero-order valence-corrected chi connectivity index (χ0v) is 12.9. The Balaban J connectivity index is 2.33. The van der Waals surface area contributed by atoms with E-state index in [-0.39, 0.29) is 17.3 Å². The number of hydrogen-bond acceptors (Lipinski definition) is 4. The fourth-order valence-electron chi connectivity index (χ4n) is 1.84. The van der Waals surface area contributed by atoms with E-state index in [0.717, 1.165) is 4.47 Å². The molecule has 1 aromatic heterocycles. The number of nitrogens with one attached hydrogen (secondary N) is 1. The number of ether oxygens (including phenoxy) is 1. The summed E-state index contributed by atoms with van der Waals surface area (Å²) in [5, 5.41) is 13.4. The standard InChI is InChI=1S/C13H12BrN3O4/c1-16-7-8(14)5-11(16)13(18)15-10-6-9(17(19)20)3-4-12(10)21-2/h3-7H,1-2H3,(H,15,18). The molecule has 1 amide bonds. The Morgan fingerprint density at radius 1 is 1.43 bits per heavy atom. The lowest BCUT2D eigenvalue weighted by molar-refractivity contribution is -0.384. The van der Waals surface area contributed by atoms with Crippen LogP contribution < -0.4 is 10.1 Å². The third kappa shape index (κ3) is 3.22. The third-order valence-corrected chi connectivity index (χ3v) is 3.28. The van der Waals surface area contributed by atoms with Crippen molar-refractivity contribution in [1.82, 2.24) is 4.57 Å². The molecule has 0 atom stereocenters. The van der Waals surface area contributed by atoms with E-state index in [4.69, 9.17) is 4.74 Å². The average Bonchev–Trinajstić information content (AvgIpc) is 2.77. The lowest BCUT2D eigenvalue weighted by Gasteiger charge is -2.10. The van der Waals surface area contributed by atoms with E-state index in [9.17, 15) is 14.9 Å². The van der Waals surface area contributed by atoms with Crippen molar-refractivity contribution in [2.24, 2.45) is 7.05 Å². The molecule has 2 rings (SSSR count). The van der Waals surface area contributed by atoms with Crippen molar-refractivity contribution in [3.63, 3.8) is 0 Å². The van der Waals surface area contributed by atoms with E-state index in [1.54, 1.807) is 23.9 Å². The maximum absolute atomic E-state index is 12.2. The third-order valence-electron chi connectivity index (χ3n) is 2.85. The first-order valence-corrected chi connectivity index (χ1v) is 6.67. The number of carbonyl (C=O) groups is 1. The summed E-state index contributed by atoms with van der Waals surface area (Å²) >= 11 is 3.28. The van der Waals surface area contributed by atoms with Gasteiger partial charge in [-0.1, -0.05) is 0 Å². The molecule has 0 unspecified atom stereocenters. The maximum Gasteiger partial charge on any atom is 0.272 e. The second-order valence-corrected chi connectivity index (χ2v) is 5.17. The molecule has 0 saturated carbocycles. The van der Waals surface area contributed by atoms with E-state index >= 15 is 0 Å². The second kappa shape index (κ2) is 5.96. The van der Waals surface area contributed by atoms with E-state index in [1.807, 2.05) is 0 Å². The molecule has 0 aliphatic rings. The number of methoxy groups -OCH3 is 1. The number of nitro groups is 1. The molecule has 0 aliphatic carbocycles. The van der Waals surface area contributed by atoms with Gasteiger partial charge in [-0.15, -0.1) is 0 Å². The number of non-ortho nitro benzene ring substituents is 1. The molecule has 21 heavy (non-hydrogen) atoms. The highest BCUT2D eigenvalue weighted by Gasteiger charge is 2.16. The van der Waals surface area contributed by atoms with Gasteiger partial charge in [-0.25, -0.2) is 0 Å². The van der Waals surface area contributed by atoms with Crippen LogP contribution in [0.2, 0.25) is 0 Å². The van der Waals surface area contributed by atoms with Gasteiger partial charge in [0.2, 0.25) is 0 Å². The number of nitro benzene ring substituents is 1. The number of halogens is 1. The van der Waals surface area contributed by atoms with Crippen LogP contribution in [0.5, 0.6) is 5.75 Å². The number of nitrogens with zero attached hydrogens (tertiary/aromatic N) is 2. The van der Waals surface area contributed by atoms with Crippen molar-refractivity contribution < 1.29 is 14.5 Å². The summed E-state index contributed by atoms with van der Waals surface area (Å²) in [6.45, 7) is 0. The van der Waals surface area contributed by atoms with Crippen molar-refractivity contribution in [2.75, 3.05) is 12.4 Å². The molecule has 2 aromatic rings. The van der Waals surface area contributed by atoms with Crippen LogP contribution >= 0.6 is 15.9 Å². The Kier molecular flexibility index (Phi) is 4.27. The van der Waals surface area contributed by atoms with E-state index in [1.165, 1.54) is 25.3 Å². The summed E-state index contributed by atoms with van der Waals surface area (Å²) in [5.74, 6) is -0.0378. The minimum atomic E-state index is -0.534. The van der Waals surface area contributed by atoms with E-state index in [0.29, 0.717) is 11.4 Å². The molecule has 0 spiro atoms. The Labute approximate surface area is 128 Å². The summed E-state index contributed by atoms with van der Waals surface area (Å²) in [6, 6.07) is 5.66. The number of benzene rings is 1. The minimum absolute atomic E-state index is 0.126. The van der Waals surface area contributed by atoms with Crippen LogP contribution in [0.25, 0.3) is 0 Å². The van der Waals surface area contributed by atoms with Gasteiger partial charge >= 0.3 is 0 Å². The second-order valence-electron chi connectivity index (χ2n) is 4.25. The van der Waals surface area contributed by atoms with E-state index < -0.39 is 4.92 Å². The molecule has 0 bridgehead atoms. The van der Waals surface area contributed by atoms with Gasteiger partial charge in [-0.3, -0.25) is 14.9 Å². The highest BCUT2D eigenvalue weighted by Crippen LogP contribution is 2.29. The van der Waals surface area contributed by atoms with Gasteiger partial charge in [-0.05, 0) is 28.1 Å². The Hall–Kier alpha value is -2.35. The van der Waals surface area contributed by atoms with Crippen LogP contribution in [-0.2, 0) is 7.05 Å². The molecule has 7 nitrogen and oxygen atoms in total. The first-order valence-electron chi connectivity index (χ1n) is 5.88. The number of hydrogen-bond donors (Lipinski definition) is 1. The summed E-state index contributed by atoms with van der Waals surface area (Å²) in [4.78, 5) is 22.5. The molecule has 8 heteroatoms. The molecule has 1 N–H and O–H groups in total.